The Morgan fingerprint density at radius 1 is 0.700 bits per heavy atom. The molecule has 2 aromatic carbocycles. The predicted molar refractivity (Wildman–Crippen MR) is 86.0 cm³/mol. The molecule has 0 fully saturated rings. The van der Waals surface area contributed by atoms with Crippen molar-refractivity contribution < 1.29 is 4.42 Å². The number of furan rings is 1. The van der Waals surface area contributed by atoms with Crippen LogP contribution in [0, 0.1) is 0 Å². The number of thioether (sulfide) groups is 2. The maximum absolute atomic E-state index is 5.24. The molecule has 3 aromatic rings. The number of hydrogen-bond donors (Lipinski definition) is 0. The molecule has 0 saturated carbocycles. The number of rotatable bonds is 5. The first kappa shape index (κ1) is 13.4. The zero-order chi connectivity index (χ0) is 13.6. The van der Waals surface area contributed by atoms with Crippen LogP contribution in [0.1, 0.15) is 10.1 Å². The first-order valence-corrected chi connectivity index (χ1v) is 8.13. The third-order valence-electron chi connectivity index (χ3n) is 2.79. The molecule has 0 bridgehead atoms. The monoisotopic (exact) mass is 298 g/mol. The van der Waals surface area contributed by atoms with Crippen LogP contribution in [-0.2, 0) is 0 Å². The average molecular weight is 298 g/mol. The van der Waals surface area contributed by atoms with E-state index < -0.39 is 0 Å². The molecule has 0 atom stereocenters. The molecule has 3 rings (SSSR count). The van der Waals surface area contributed by atoms with Crippen LogP contribution in [0.25, 0.3) is 0 Å². The second-order valence-electron chi connectivity index (χ2n) is 4.25. The summed E-state index contributed by atoms with van der Waals surface area (Å²) < 4.78 is 5.53. The lowest BCUT2D eigenvalue weighted by Crippen LogP contribution is -1.87. The summed E-state index contributed by atoms with van der Waals surface area (Å²) in [5.41, 5.74) is 1.20. The Balaban J connectivity index is 1.81. The molecule has 1 aromatic heterocycles. The van der Waals surface area contributed by atoms with Crippen LogP contribution in [0.3, 0.4) is 0 Å². The van der Waals surface area contributed by atoms with E-state index in [0.717, 1.165) is 0 Å². The van der Waals surface area contributed by atoms with Gasteiger partial charge in [0.05, 0.1) is 17.1 Å². The minimum absolute atomic E-state index is 0.290. The Morgan fingerprint density at radius 3 is 1.70 bits per heavy atom. The molecular formula is C17H14OS2. The highest BCUT2D eigenvalue weighted by atomic mass is 32.2. The van der Waals surface area contributed by atoms with Gasteiger partial charge in [-0.2, -0.15) is 0 Å². The summed E-state index contributed by atoms with van der Waals surface area (Å²) in [6.45, 7) is 0. The van der Waals surface area contributed by atoms with Crippen molar-refractivity contribution in [2.75, 3.05) is 0 Å². The summed E-state index contributed by atoms with van der Waals surface area (Å²) in [5, 5.41) is 0. The third kappa shape index (κ3) is 3.50. The van der Waals surface area contributed by atoms with Crippen molar-refractivity contribution in [3.05, 3.63) is 84.8 Å². The molecule has 0 saturated heterocycles. The summed E-state index contributed by atoms with van der Waals surface area (Å²) in [7, 11) is 0. The summed E-state index contributed by atoms with van der Waals surface area (Å²) in [6, 6.07) is 23.0. The van der Waals surface area contributed by atoms with Gasteiger partial charge in [-0.15, -0.1) is 23.5 Å². The van der Waals surface area contributed by atoms with Crippen LogP contribution in [0.5, 0.6) is 0 Å². The highest BCUT2D eigenvalue weighted by Crippen LogP contribution is 2.46. The zero-order valence-corrected chi connectivity index (χ0v) is 12.4. The fourth-order valence-electron chi connectivity index (χ4n) is 1.81. The molecule has 0 spiro atoms. The normalized spacial score (nSPS) is 10.8. The Bertz CT molecular complexity index is 579. The summed E-state index contributed by atoms with van der Waals surface area (Å²) in [6.07, 6.45) is 3.57. The number of hydrogen-bond acceptors (Lipinski definition) is 3. The van der Waals surface area contributed by atoms with Crippen molar-refractivity contribution in [2.24, 2.45) is 0 Å². The van der Waals surface area contributed by atoms with E-state index in [2.05, 4.69) is 48.5 Å². The van der Waals surface area contributed by atoms with Gasteiger partial charge < -0.3 is 4.42 Å². The van der Waals surface area contributed by atoms with Gasteiger partial charge >= 0.3 is 0 Å². The maximum Gasteiger partial charge on any atom is 0.0954 e. The van der Waals surface area contributed by atoms with Gasteiger partial charge in [0.15, 0.2) is 0 Å². The number of benzene rings is 2. The largest absolute Gasteiger partial charge is 0.472 e. The van der Waals surface area contributed by atoms with Crippen LogP contribution in [0.4, 0.5) is 0 Å². The van der Waals surface area contributed by atoms with Gasteiger partial charge in [-0.25, -0.2) is 0 Å². The SMILES string of the molecule is c1ccc(SC(Sc2ccccc2)c2ccoc2)cc1. The third-order valence-corrected chi connectivity index (χ3v) is 5.43. The fraction of sp³-hybridized carbons (Fsp3) is 0.0588. The molecular weight excluding hydrogens is 284 g/mol. The second-order valence-corrected chi connectivity index (χ2v) is 6.91. The van der Waals surface area contributed by atoms with Gasteiger partial charge in [0.2, 0.25) is 0 Å². The second kappa shape index (κ2) is 6.73. The lowest BCUT2D eigenvalue weighted by atomic mass is 10.4. The fourth-order valence-corrected chi connectivity index (χ4v) is 4.34. The van der Waals surface area contributed by atoms with Crippen molar-refractivity contribution in [2.45, 2.75) is 14.4 Å². The van der Waals surface area contributed by atoms with Crippen LogP contribution < -0.4 is 0 Å². The Kier molecular flexibility index (Phi) is 4.51. The summed E-state index contributed by atoms with van der Waals surface area (Å²) >= 11 is 3.69. The molecule has 0 N–H and O–H groups in total. The minimum atomic E-state index is 0.290. The van der Waals surface area contributed by atoms with Gasteiger partial charge in [-0.3, -0.25) is 0 Å². The van der Waals surface area contributed by atoms with Crippen LogP contribution in [-0.4, -0.2) is 0 Å². The predicted octanol–water partition coefficient (Wildman–Crippen LogP) is 5.86. The quantitative estimate of drug-likeness (QED) is 0.432. The van der Waals surface area contributed by atoms with E-state index in [-0.39, 0.29) is 0 Å². The Labute approximate surface area is 127 Å². The molecule has 0 aliphatic rings. The van der Waals surface area contributed by atoms with Crippen LogP contribution in [0.2, 0.25) is 0 Å². The first-order chi connectivity index (χ1) is 9.92. The summed E-state index contributed by atoms with van der Waals surface area (Å²) in [4.78, 5) is 2.53. The van der Waals surface area contributed by atoms with Gasteiger partial charge in [0, 0.05) is 15.4 Å². The van der Waals surface area contributed by atoms with Gasteiger partial charge in [0.1, 0.15) is 0 Å². The molecule has 1 nitrogen and oxygen atoms in total. The smallest absolute Gasteiger partial charge is 0.0954 e. The molecule has 0 unspecified atom stereocenters. The Morgan fingerprint density at radius 2 is 1.25 bits per heavy atom. The van der Waals surface area contributed by atoms with Crippen molar-refractivity contribution >= 4 is 23.5 Å². The maximum atomic E-state index is 5.24. The lowest BCUT2D eigenvalue weighted by Gasteiger charge is -2.14. The highest BCUT2D eigenvalue weighted by Gasteiger charge is 2.16. The van der Waals surface area contributed by atoms with E-state index in [1.54, 1.807) is 6.26 Å². The van der Waals surface area contributed by atoms with E-state index in [0.29, 0.717) is 4.58 Å². The van der Waals surface area contributed by atoms with E-state index in [4.69, 9.17) is 4.42 Å². The molecule has 0 amide bonds. The summed E-state index contributed by atoms with van der Waals surface area (Å²) in [5.74, 6) is 0. The molecule has 3 heteroatoms. The highest BCUT2D eigenvalue weighted by molar-refractivity contribution is 8.16. The van der Waals surface area contributed by atoms with E-state index in [1.165, 1.54) is 15.4 Å². The minimum Gasteiger partial charge on any atom is -0.472 e. The molecule has 1 heterocycles. The zero-order valence-electron chi connectivity index (χ0n) is 10.8. The molecule has 0 aliphatic carbocycles. The van der Waals surface area contributed by atoms with Gasteiger partial charge in [-0.1, -0.05) is 36.4 Å². The van der Waals surface area contributed by atoms with Crippen LogP contribution >= 0.6 is 23.5 Å². The van der Waals surface area contributed by atoms with Gasteiger partial charge in [0.25, 0.3) is 0 Å². The standard InChI is InChI=1S/C17H14OS2/c1-3-7-15(8-4-1)19-17(14-11-12-18-13-14)20-16-9-5-2-6-10-16/h1-13,17H. The van der Waals surface area contributed by atoms with Crippen molar-refractivity contribution in [3.8, 4) is 0 Å². The Hall–Kier alpha value is -1.58. The molecule has 100 valence electrons. The van der Waals surface area contributed by atoms with E-state index >= 15 is 0 Å². The van der Waals surface area contributed by atoms with Crippen LogP contribution in [0.15, 0.2) is 93.5 Å². The van der Waals surface area contributed by atoms with Crippen molar-refractivity contribution in [3.63, 3.8) is 0 Å². The van der Waals surface area contributed by atoms with E-state index in [1.807, 2.05) is 48.0 Å². The van der Waals surface area contributed by atoms with Gasteiger partial charge in [-0.05, 0) is 30.3 Å². The molecule has 0 aliphatic heterocycles. The molecule has 20 heavy (non-hydrogen) atoms. The molecule has 0 radical (unpaired) electrons. The van der Waals surface area contributed by atoms with Crippen molar-refractivity contribution in [1.29, 1.82) is 0 Å². The lowest BCUT2D eigenvalue weighted by molar-refractivity contribution is 0.565. The average Bonchev–Trinajstić information content (AvgIpc) is 3.03. The topological polar surface area (TPSA) is 13.1 Å². The van der Waals surface area contributed by atoms with Crippen molar-refractivity contribution in [1.82, 2.24) is 0 Å². The first-order valence-electron chi connectivity index (χ1n) is 6.37. The van der Waals surface area contributed by atoms with E-state index in [9.17, 15) is 0 Å².